The van der Waals surface area contributed by atoms with Crippen LogP contribution in [-0.4, -0.2) is 0 Å². The molecule has 0 heteroatoms. The molecule has 12 aromatic rings. The lowest BCUT2D eigenvalue weighted by atomic mass is 9.82. The molecular weight excluding hydrogens is 889 g/mol. The average Bonchev–Trinajstić information content (AvgIpc) is 3.43. The Hall–Kier alpha value is -8.32. The van der Waals surface area contributed by atoms with Crippen LogP contribution in [0.25, 0.3) is 121 Å². The first kappa shape index (κ1) is 46.7. The topological polar surface area (TPSA) is 0 Å². The molecule has 74 heavy (non-hydrogen) atoms. The van der Waals surface area contributed by atoms with E-state index in [1.807, 2.05) is 0 Å². The van der Waals surface area contributed by atoms with E-state index >= 15 is 0 Å². The van der Waals surface area contributed by atoms with Crippen LogP contribution in [0.3, 0.4) is 0 Å². The highest BCUT2D eigenvalue weighted by molar-refractivity contribution is 6.23. The van der Waals surface area contributed by atoms with Crippen molar-refractivity contribution in [3.8, 4) is 77.9 Å². The Labute approximate surface area is 437 Å². The highest BCUT2D eigenvalue weighted by atomic mass is 14.3. The monoisotopic (exact) mass is 950 g/mol. The molecule has 0 spiro atoms. The zero-order chi connectivity index (χ0) is 50.9. The van der Waals surface area contributed by atoms with Crippen molar-refractivity contribution in [3.05, 3.63) is 253 Å². The van der Waals surface area contributed by atoms with Crippen molar-refractivity contribution in [3.63, 3.8) is 0 Å². The first-order chi connectivity index (χ1) is 35.8. The van der Waals surface area contributed by atoms with Crippen molar-refractivity contribution >= 4 is 43.1 Å². The summed E-state index contributed by atoms with van der Waals surface area (Å²) in [6.07, 6.45) is 0. The zero-order valence-electron chi connectivity index (χ0n) is 43.9. The number of aryl methyl sites for hydroxylation is 2. The van der Waals surface area contributed by atoms with Gasteiger partial charge in [0, 0.05) is 0 Å². The molecule has 0 atom stereocenters. The Morgan fingerprint density at radius 1 is 0.203 bits per heavy atom. The van der Waals surface area contributed by atoms with Crippen LogP contribution >= 0.6 is 0 Å². The van der Waals surface area contributed by atoms with Gasteiger partial charge in [0.05, 0.1) is 0 Å². The maximum atomic E-state index is 2.44. The van der Waals surface area contributed by atoms with Crippen LogP contribution in [0.5, 0.6) is 0 Å². The van der Waals surface area contributed by atoms with Gasteiger partial charge in [-0.25, -0.2) is 0 Å². The van der Waals surface area contributed by atoms with Crippen LogP contribution in [0.2, 0.25) is 0 Å². The van der Waals surface area contributed by atoms with Crippen molar-refractivity contribution in [2.75, 3.05) is 0 Å². The van der Waals surface area contributed by atoms with Gasteiger partial charge in [-0.2, -0.15) is 0 Å². The fourth-order valence-electron chi connectivity index (χ4n) is 11.4. The first-order valence-corrected chi connectivity index (χ1v) is 26.3. The van der Waals surface area contributed by atoms with E-state index in [4.69, 9.17) is 0 Å². The van der Waals surface area contributed by atoms with Crippen LogP contribution in [0.1, 0.15) is 63.8 Å². The Bertz CT molecular complexity index is 4060. The normalized spacial score (nSPS) is 12.1. The summed E-state index contributed by atoms with van der Waals surface area (Å²) in [6.45, 7) is 18.0. The van der Waals surface area contributed by atoms with Crippen LogP contribution in [0, 0.1) is 13.8 Å². The summed E-state index contributed by atoms with van der Waals surface area (Å²) in [5.74, 6) is 0. The van der Waals surface area contributed by atoms with Crippen LogP contribution in [-0.2, 0) is 10.8 Å². The van der Waals surface area contributed by atoms with E-state index in [1.54, 1.807) is 0 Å². The molecule has 0 N–H and O–H groups in total. The second-order valence-electron chi connectivity index (χ2n) is 22.7. The quantitative estimate of drug-likeness (QED) is 0.140. The predicted octanol–water partition coefficient (Wildman–Crippen LogP) is 21.2. The molecule has 0 saturated carbocycles. The zero-order valence-corrected chi connectivity index (χ0v) is 43.9. The molecule has 0 unspecified atom stereocenters. The van der Waals surface area contributed by atoms with Crippen LogP contribution in [0.15, 0.2) is 231 Å². The van der Waals surface area contributed by atoms with Crippen molar-refractivity contribution in [1.29, 1.82) is 0 Å². The van der Waals surface area contributed by atoms with Crippen molar-refractivity contribution in [2.24, 2.45) is 0 Å². The molecule has 0 fully saturated rings. The van der Waals surface area contributed by atoms with E-state index in [2.05, 4.69) is 286 Å². The molecule has 12 rings (SSSR count). The molecule has 0 amide bonds. The molecule has 0 aromatic heterocycles. The summed E-state index contributed by atoms with van der Waals surface area (Å²) in [5, 5.41) is 10.1. The third-order valence-corrected chi connectivity index (χ3v) is 15.6. The first-order valence-electron chi connectivity index (χ1n) is 26.3. The third kappa shape index (κ3) is 8.49. The summed E-state index contributed by atoms with van der Waals surface area (Å²) in [6, 6.07) is 87.0. The molecule has 0 aliphatic rings. The Kier molecular flexibility index (Phi) is 11.6. The van der Waals surface area contributed by atoms with Crippen LogP contribution in [0.4, 0.5) is 0 Å². The second-order valence-corrected chi connectivity index (χ2v) is 22.7. The van der Waals surface area contributed by atoms with Gasteiger partial charge in [0.1, 0.15) is 0 Å². The SMILES string of the molecule is Cc1ccc(-c2c3ccccc3c(-c3ccc(C)cc3)c3cc(-c4ccc(-c5ccc(-c6ccc7c(-c8ccc(C(C)(C)C)cc8)c8ccccc8c(-c8ccc(C(C)(C)C)cc8)c7c6)cc5)cc4)ccc23)cc1. The lowest BCUT2D eigenvalue weighted by molar-refractivity contribution is 0.590. The van der Waals surface area contributed by atoms with Crippen molar-refractivity contribution in [2.45, 2.75) is 66.2 Å². The number of rotatable bonds is 7. The summed E-state index contributed by atoms with van der Waals surface area (Å²) in [4.78, 5) is 0. The molecule has 0 saturated heterocycles. The van der Waals surface area contributed by atoms with E-state index in [-0.39, 0.29) is 10.8 Å². The largest absolute Gasteiger partial charge is 0.0616 e. The minimum Gasteiger partial charge on any atom is -0.0616 e. The summed E-state index contributed by atoms with van der Waals surface area (Å²) >= 11 is 0. The van der Waals surface area contributed by atoms with Gasteiger partial charge in [-0.3, -0.25) is 0 Å². The number of hydrogen-bond donors (Lipinski definition) is 0. The minimum absolute atomic E-state index is 0.0697. The molecular formula is C74H62. The molecule has 0 radical (unpaired) electrons. The van der Waals surface area contributed by atoms with Crippen molar-refractivity contribution in [1.82, 2.24) is 0 Å². The van der Waals surface area contributed by atoms with Gasteiger partial charge < -0.3 is 0 Å². The van der Waals surface area contributed by atoms with Gasteiger partial charge in [0.15, 0.2) is 0 Å². The maximum Gasteiger partial charge on any atom is -0.00262 e. The number of benzene rings is 12. The van der Waals surface area contributed by atoms with Gasteiger partial charge >= 0.3 is 0 Å². The standard InChI is InChI=1S/C74H62/c1-47-17-21-53(22-18-47)69-61-13-9-11-15-63(61)71(54-23-19-48(2)20-24-54)67-45-57(37-43-65(67)69)51-29-25-49(26-30-51)50-27-31-52(32-28-50)58-38-44-66-68(46-58)72(56-35-41-60(42-36-56)74(6,7)8)64-16-12-10-14-62(64)70(66)55-33-39-59(40-34-55)73(3,4)5/h9-46H,1-8H3. The van der Waals surface area contributed by atoms with E-state index in [1.165, 1.54) is 143 Å². The lowest BCUT2D eigenvalue weighted by Crippen LogP contribution is -2.10. The van der Waals surface area contributed by atoms with Gasteiger partial charge in [-0.1, -0.05) is 271 Å². The molecule has 0 heterocycles. The smallest absolute Gasteiger partial charge is 0.00262 e. The Morgan fingerprint density at radius 3 is 0.703 bits per heavy atom. The highest BCUT2D eigenvalue weighted by Gasteiger charge is 2.22. The summed E-state index contributed by atoms with van der Waals surface area (Å²) < 4.78 is 0. The molecule has 12 aromatic carbocycles. The minimum atomic E-state index is 0.0697. The molecule has 0 aliphatic carbocycles. The second kappa shape index (κ2) is 18.3. The van der Waals surface area contributed by atoms with E-state index in [0.29, 0.717) is 0 Å². The highest BCUT2D eigenvalue weighted by Crippen LogP contribution is 2.47. The average molecular weight is 951 g/mol. The predicted molar refractivity (Wildman–Crippen MR) is 321 cm³/mol. The summed E-state index contributed by atoms with van der Waals surface area (Å²) in [5.41, 5.74) is 22.6. The fraction of sp³-hybridized carbons (Fsp3) is 0.135. The number of hydrogen-bond acceptors (Lipinski definition) is 0. The lowest BCUT2D eigenvalue weighted by Gasteiger charge is -2.22. The van der Waals surface area contributed by atoms with Gasteiger partial charge in [-0.05, 0) is 169 Å². The van der Waals surface area contributed by atoms with Gasteiger partial charge in [-0.15, -0.1) is 0 Å². The van der Waals surface area contributed by atoms with Crippen molar-refractivity contribution < 1.29 is 0 Å². The molecule has 358 valence electrons. The Balaban J connectivity index is 0.928. The molecule has 0 aliphatic heterocycles. The van der Waals surface area contributed by atoms with E-state index < -0.39 is 0 Å². The van der Waals surface area contributed by atoms with E-state index in [0.717, 1.165) is 0 Å². The third-order valence-electron chi connectivity index (χ3n) is 15.6. The van der Waals surface area contributed by atoms with Crippen LogP contribution < -0.4 is 0 Å². The number of fused-ring (bicyclic) bond motifs is 4. The van der Waals surface area contributed by atoms with E-state index in [9.17, 15) is 0 Å². The fourth-order valence-corrected chi connectivity index (χ4v) is 11.4. The Morgan fingerprint density at radius 2 is 0.419 bits per heavy atom. The van der Waals surface area contributed by atoms with Gasteiger partial charge in [0.2, 0.25) is 0 Å². The molecule has 0 nitrogen and oxygen atoms in total. The maximum absolute atomic E-state index is 2.44. The summed E-state index contributed by atoms with van der Waals surface area (Å²) in [7, 11) is 0. The van der Waals surface area contributed by atoms with Gasteiger partial charge in [0.25, 0.3) is 0 Å². The molecule has 0 bridgehead atoms.